The van der Waals surface area contributed by atoms with Crippen LogP contribution in [0.25, 0.3) is 10.9 Å². The monoisotopic (exact) mass is 306 g/mol. The fourth-order valence-corrected chi connectivity index (χ4v) is 3.58. The molecule has 118 valence electrons. The highest BCUT2D eigenvalue weighted by atomic mass is 16.5. The summed E-state index contributed by atoms with van der Waals surface area (Å²) in [4.78, 5) is 0. The van der Waals surface area contributed by atoms with Gasteiger partial charge >= 0.3 is 0 Å². The molecule has 0 amide bonds. The molecule has 1 aliphatic heterocycles. The SMILES string of the molecule is Cn1c2c(c3c(OCc4ccccc4)cccc31)CCNCC2. The lowest BCUT2D eigenvalue weighted by Crippen LogP contribution is -2.17. The Balaban J connectivity index is 1.75. The third-order valence-electron chi connectivity index (χ3n) is 4.75. The number of aromatic nitrogens is 1. The van der Waals surface area contributed by atoms with Gasteiger partial charge in [0.2, 0.25) is 0 Å². The second-order valence-electron chi connectivity index (χ2n) is 6.16. The van der Waals surface area contributed by atoms with E-state index >= 15 is 0 Å². The summed E-state index contributed by atoms with van der Waals surface area (Å²) >= 11 is 0. The number of hydrogen-bond acceptors (Lipinski definition) is 2. The molecule has 2 heterocycles. The topological polar surface area (TPSA) is 26.2 Å². The molecular formula is C20H22N2O. The molecule has 3 nitrogen and oxygen atoms in total. The molecule has 0 saturated carbocycles. The van der Waals surface area contributed by atoms with Crippen molar-refractivity contribution in [2.75, 3.05) is 13.1 Å². The van der Waals surface area contributed by atoms with Crippen molar-refractivity contribution in [2.45, 2.75) is 19.4 Å². The lowest BCUT2D eigenvalue weighted by Gasteiger charge is -2.09. The van der Waals surface area contributed by atoms with Crippen LogP contribution in [0.2, 0.25) is 0 Å². The maximum Gasteiger partial charge on any atom is 0.129 e. The summed E-state index contributed by atoms with van der Waals surface area (Å²) in [6.45, 7) is 2.71. The van der Waals surface area contributed by atoms with Crippen molar-refractivity contribution in [3.8, 4) is 5.75 Å². The Kier molecular flexibility index (Phi) is 3.80. The number of nitrogens with zero attached hydrogens (tertiary/aromatic N) is 1. The number of fused-ring (bicyclic) bond motifs is 3. The molecular weight excluding hydrogens is 284 g/mol. The lowest BCUT2D eigenvalue weighted by molar-refractivity contribution is 0.310. The van der Waals surface area contributed by atoms with Gasteiger partial charge < -0.3 is 14.6 Å². The number of ether oxygens (including phenoxy) is 1. The van der Waals surface area contributed by atoms with Crippen LogP contribution in [0.4, 0.5) is 0 Å². The summed E-state index contributed by atoms with van der Waals surface area (Å²) < 4.78 is 8.53. The van der Waals surface area contributed by atoms with Gasteiger partial charge in [0.25, 0.3) is 0 Å². The second-order valence-corrected chi connectivity index (χ2v) is 6.16. The molecule has 3 heteroatoms. The van der Waals surface area contributed by atoms with Crippen molar-refractivity contribution in [3.63, 3.8) is 0 Å². The van der Waals surface area contributed by atoms with Crippen molar-refractivity contribution in [1.82, 2.24) is 9.88 Å². The van der Waals surface area contributed by atoms with E-state index in [9.17, 15) is 0 Å². The molecule has 1 aromatic heterocycles. The fourth-order valence-electron chi connectivity index (χ4n) is 3.58. The van der Waals surface area contributed by atoms with Gasteiger partial charge in [-0.1, -0.05) is 36.4 Å². The number of aryl methyl sites for hydroxylation is 1. The molecule has 0 bridgehead atoms. The highest BCUT2D eigenvalue weighted by Gasteiger charge is 2.19. The Morgan fingerprint density at radius 3 is 2.70 bits per heavy atom. The molecule has 4 rings (SSSR count). The van der Waals surface area contributed by atoms with E-state index in [1.165, 1.54) is 27.7 Å². The van der Waals surface area contributed by atoms with Crippen molar-refractivity contribution < 1.29 is 4.74 Å². The van der Waals surface area contributed by atoms with E-state index in [4.69, 9.17) is 4.74 Å². The molecule has 2 aromatic carbocycles. The van der Waals surface area contributed by atoms with Gasteiger partial charge in [0.1, 0.15) is 12.4 Å². The summed E-state index contributed by atoms with van der Waals surface area (Å²) in [6.07, 6.45) is 2.15. The van der Waals surface area contributed by atoms with Crippen LogP contribution in [0.15, 0.2) is 48.5 Å². The standard InChI is InChI=1S/C20H22N2O/c1-22-17-11-13-21-12-10-16(17)20-18(22)8-5-9-19(20)23-14-15-6-3-2-4-7-15/h2-9,21H,10-14H2,1H3. The van der Waals surface area contributed by atoms with Gasteiger partial charge in [-0.3, -0.25) is 0 Å². The maximum atomic E-state index is 6.19. The van der Waals surface area contributed by atoms with Gasteiger partial charge in [0, 0.05) is 31.1 Å². The van der Waals surface area contributed by atoms with Crippen LogP contribution in [-0.4, -0.2) is 17.7 Å². The molecule has 0 radical (unpaired) electrons. The normalized spacial score (nSPS) is 14.5. The fraction of sp³-hybridized carbons (Fsp3) is 0.300. The van der Waals surface area contributed by atoms with Crippen molar-refractivity contribution in [1.29, 1.82) is 0 Å². The van der Waals surface area contributed by atoms with E-state index in [0.717, 1.165) is 31.7 Å². The minimum atomic E-state index is 0.613. The smallest absolute Gasteiger partial charge is 0.129 e. The molecule has 0 unspecified atom stereocenters. The van der Waals surface area contributed by atoms with E-state index in [2.05, 4.69) is 59.4 Å². The first-order valence-corrected chi connectivity index (χ1v) is 8.31. The summed E-state index contributed by atoms with van der Waals surface area (Å²) in [5.41, 5.74) is 5.38. The summed E-state index contributed by atoms with van der Waals surface area (Å²) in [5, 5.41) is 4.79. The summed E-state index contributed by atoms with van der Waals surface area (Å²) in [7, 11) is 2.17. The average Bonchev–Trinajstić information content (AvgIpc) is 2.77. The van der Waals surface area contributed by atoms with Crippen LogP contribution in [-0.2, 0) is 26.5 Å². The molecule has 1 N–H and O–H groups in total. The van der Waals surface area contributed by atoms with E-state index < -0.39 is 0 Å². The quantitative estimate of drug-likeness (QED) is 0.802. The molecule has 0 saturated heterocycles. The minimum absolute atomic E-state index is 0.613. The Morgan fingerprint density at radius 2 is 1.83 bits per heavy atom. The van der Waals surface area contributed by atoms with E-state index in [1.54, 1.807) is 0 Å². The van der Waals surface area contributed by atoms with Crippen LogP contribution < -0.4 is 10.1 Å². The zero-order valence-corrected chi connectivity index (χ0v) is 13.5. The third kappa shape index (κ3) is 2.62. The van der Waals surface area contributed by atoms with Gasteiger partial charge in [-0.25, -0.2) is 0 Å². The number of nitrogens with one attached hydrogen (secondary N) is 1. The van der Waals surface area contributed by atoms with Crippen LogP contribution in [0.5, 0.6) is 5.75 Å². The lowest BCUT2D eigenvalue weighted by atomic mass is 10.1. The predicted molar refractivity (Wildman–Crippen MR) is 94.0 cm³/mol. The zero-order valence-electron chi connectivity index (χ0n) is 13.5. The van der Waals surface area contributed by atoms with Gasteiger partial charge in [-0.15, -0.1) is 0 Å². The predicted octanol–water partition coefficient (Wildman–Crippen LogP) is 3.45. The molecule has 0 spiro atoms. The van der Waals surface area contributed by atoms with E-state index in [-0.39, 0.29) is 0 Å². The van der Waals surface area contributed by atoms with E-state index in [1.807, 2.05) is 6.07 Å². The third-order valence-corrected chi connectivity index (χ3v) is 4.75. The number of hydrogen-bond donors (Lipinski definition) is 1. The van der Waals surface area contributed by atoms with Crippen LogP contribution >= 0.6 is 0 Å². The van der Waals surface area contributed by atoms with Crippen molar-refractivity contribution in [3.05, 3.63) is 65.4 Å². The molecule has 0 aliphatic carbocycles. The second kappa shape index (κ2) is 6.09. The Bertz CT molecular complexity index is 821. The van der Waals surface area contributed by atoms with Crippen LogP contribution in [0.3, 0.4) is 0 Å². The van der Waals surface area contributed by atoms with Gasteiger partial charge in [-0.2, -0.15) is 0 Å². The molecule has 3 aromatic rings. The first-order chi connectivity index (χ1) is 11.3. The van der Waals surface area contributed by atoms with E-state index in [0.29, 0.717) is 6.61 Å². The van der Waals surface area contributed by atoms with Crippen LogP contribution in [0, 0.1) is 0 Å². The zero-order chi connectivity index (χ0) is 15.6. The highest BCUT2D eigenvalue weighted by Crippen LogP contribution is 2.34. The van der Waals surface area contributed by atoms with Gasteiger partial charge in [-0.05, 0) is 36.2 Å². The van der Waals surface area contributed by atoms with Gasteiger partial charge in [0.05, 0.1) is 5.52 Å². The maximum absolute atomic E-state index is 6.19. The summed E-state index contributed by atoms with van der Waals surface area (Å²) in [6, 6.07) is 16.8. The number of rotatable bonds is 3. The first-order valence-electron chi connectivity index (χ1n) is 8.31. The Labute approximate surface area is 136 Å². The van der Waals surface area contributed by atoms with Gasteiger partial charge in [0.15, 0.2) is 0 Å². The van der Waals surface area contributed by atoms with Crippen molar-refractivity contribution >= 4 is 10.9 Å². The molecule has 23 heavy (non-hydrogen) atoms. The Hall–Kier alpha value is -2.26. The average molecular weight is 306 g/mol. The molecule has 1 aliphatic rings. The first kappa shape index (κ1) is 14.3. The molecule has 0 fully saturated rings. The Morgan fingerprint density at radius 1 is 1.00 bits per heavy atom. The minimum Gasteiger partial charge on any atom is -0.488 e. The van der Waals surface area contributed by atoms with Crippen LogP contribution in [0.1, 0.15) is 16.8 Å². The highest BCUT2D eigenvalue weighted by molar-refractivity contribution is 5.91. The number of benzene rings is 2. The summed E-state index contributed by atoms with van der Waals surface area (Å²) in [5.74, 6) is 1.00. The van der Waals surface area contributed by atoms with Crippen molar-refractivity contribution in [2.24, 2.45) is 7.05 Å². The molecule has 0 atom stereocenters. The largest absolute Gasteiger partial charge is 0.488 e.